The Bertz CT molecular complexity index is 741. The summed E-state index contributed by atoms with van der Waals surface area (Å²) >= 11 is 0. The first-order valence-corrected chi connectivity index (χ1v) is 12.2. The number of aliphatic hydroxyl groups is 1. The Hall–Kier alpha value is -1.16. The van der Waals surface area contributed by atoms with Crippen molar-refractivity contribution in [1.29, 1.82) is 0 Å². The third-order valence-electron chi connectivity index (χ3n) is 9.97. The molecule has 4 nitrogen and oxygen atoms in total. The van der Waals surface area contributed by atoms with Crippen LogP contribution < -0.4 is 0 Å². The van der Waals surface area contributed by atoms with Crippen LogP contribution in [0.1, 0.15) is 79.6 Å². The predicted molar refractivity (Wildman–Crippen MR) is 117 cm³/mol. The fourth-order valence-corrected chi connectivity index (χ4v) is 8.54. The van der Waals surface area contributed by atoms with E-state index in [-0.39, 0.29) is 34.6 Å². The molecule has 9 atom stereocenters. The van der Waals surface area contributed by atoms with E-state index in [1.54, 1.807) is 0 Å². The van der Waals surface area contributed by atoms with Gasteiger partial charge in [-0.2, -0.15) is 0 Å². The molecule has 0 aliphatic heterocycles. The van der Waals surface area contributed by atoms with Crippen molar-refractivity contribution in [3.8, 4) is 0 Å². The van der Waals surface area contributed by atoms with Crippen LogP contribution in [0.15, 0.2) is 11.6 Å². The van der Waals surface area contributed by atoms with Crippen molar-refractivity contribution >= 4 is 11.8 Å². The number of ether oxygens (including phenoxy) is 1. The number of rotatable bonds is 4. The maximum Gasteiger partial charge on any atom is 0.302 e. The first kappa shape index (κ1) is 22.0. The first-order chi connectivity index (χ1) is 14.1. The molecule has 0 heterocycles. The van der Waals surface area contributed by atoms with Gasteiger partial charge in [-0.15, -0.1) is 0 Å². The summed E-state index contributed by atoms with van der Waals surface area (Å²) in [6, 6.07) is 0. The molecule has 0 spiro atoms. The van der Waals surface area contributed by atoms with E-state index >= 15 is 0 Å². The lowest BCUT2D eigenvalue weighted by Crippen LogP contribution is -2.58. The van der Waals surface area contributed by atoms with Gasteiger partial charge in [0, 0.05) is 19.3 Å². The van der Waals surface area contributed by atoms with Crippen LogP contribution in [0.2, 0.25) is 0 Å². The molecule has 0 saturated heterocycles. The molecule has 0 aromatic heterocycles. The lowest BCUT2D eigenvalue weighted by molar-refractivity contribution is -0.146. The molecular formula is C26H40O4. The highest BCUT2D eigenvalue weighted by Gasteiger charge is 2.63. The van der Waals surface area contributed by atoms with Crippen LogP contribution in [0.4, 0.5) is 0 Å². The lowest BCUT2D eigenvalue weighted by Gasteiger charge is -2.61. The summed E-state index contributed by atoms with van der Waals surface area (Å²) in [6.45, 7) is 11.2. The molecule has 1 N–H and O–H groups in total. The third-order valence-corrected chi connectivity index (χ3v) is 9.97. The van der Waals surface area contributed by atoms with Gasteiger partial charge in [-0.1, -0.05) is 33.3 Å². The van der Waals surface area contributed by atoms with E-state index in [1.807, 2.05) is 6.08 Å². The van der Waals surface area contributed by atoms with Crippen LogP contribution in [-0.4, -0.2) is 29.6 Å². The van der Waals surface area contributed by atoms with Gasteiger partial charge >= 0.3 is 5.97 Å². The van der Waals surface area contributed by atoms with Crippen LogP contribution in [0, 0.1) is 46.3 Å². The van der Waals surface area contributed by atoms with Crippen molar-refractivity contribution in [2.45, 2.75) is 85.7 Å². The van der Waals surface area contributed by atoms with Crippen LogP contribution in [0.5, 0.6) is 0 Å². The van der Waals surface area contributed by atoms with Crippen LogP contribution in [-0.2, 0) is 14.3 Å². The van der Waals surface area contributed by atoms with Gasteiger partial charge in [0.25, 0.3) is 0 Å². The number of carbonyl (C=O) groups excluding carboxylic acids is 2. The zero-order valence-corrected chi connectivity index (χ0v) is 19.4. The Balaban J connectivity index is 1.65. The number of ketones is 1. The zero-order chi connectivity index (χ0) is 21.8. The average molecular weight is 417 g/mol. The molecule has 0 amide bonds. The molecule has 3 fully saturated rings. The summed E-state index contributed by atoms with van der Waals surface area (Å²) in [5.74, 6) is 2.34. The minimum absolute atomic E-state index is 0.0568. The van der Waals surface area contributed by atoms with Crippen molar-refractivity contribution in [3.63, 3.8) is 0 Å². The number of hydrogen-bond donors (Lipinski definition) is 1. The fraction of sp³-hybridized carbons (Fsp3) is 0.846. The maximum atomic E-state index is 12.3. The monoisotopic (exact) mass is 416 g/mol. The van der Waals surface area contributed by atoms with Crippen LogP contribution in [0.3, 0.4) is 0 Å². The Morgan fingerprint density at radius 1 is 1.23 bits per heavy atom. The van der Waals surface area contributed by atoms with Crippen molar-refractivity contribution in [3.05, 3.63) is 11.6 Å². The van der Waals surface area contributed by atoms with Gasteiger partial charge in [0.15, 0.2) is 5.78 Å². The molecule has 3 saturated carbocycles. The molecule has 0 bridgehead atoms. The Kier molecular flexibility index (Phi) is 5.70. The Morgan fingerprint density at radius 3 is 2.63 bits per heavy atom. The third kappa shape index (κ3) is 3.20. The Morgan fingerprint density at radius 2 is 1.97 bits per heavy atom. The highest BCUT2D eigenvalue weighted by atomic mass is 16.5. The quantitative estimate of drug-likeness (QED) is 0.659. The highest BCUT2D eigenvalue weighted by molar-refractivity contribution is 5.91. The summed E-state index contributed by atoms with van der Waals surface area (Å²) in [6.07, 6.45) is 8.67. The number of aliphatic hydroxyl groups excluding tert-OH is 1. The highest BCUT2D eigenvalue weighted by Crippen LogP contribution is 2.68. The van der Waals surface area contributed by atoms with Gasteiger partial charge in [-0.05, 0) is 85.0 Å². The van der Waals surface area contributed by atoms with E-state index in [0.29, 0.717) is 42.6 Å². The van der Waals surface area contributed by atoms with E-state index < -0.39 is 0 Å². The summed E-state index contributed by atoms with van der Waals surface area (Å²) in [7, 11) is 0. The number of esters is 1. The molecule has 3 unspecified atom stereocenters. The molecule has 4 heteroatoms. The van der Waals surface area contributed by atoms with Gasteiger partial charge in [0.2, 0.25) is 0 Å². The van der Waals surface area contributed by atoms with E-state index in [0.717, 1.165) is 32.1 Å². The van der Waals surface area contributed by atoms with Gasteiger partial charge < -0.3 is 9.84 Å². The average Bonchev–Trinajstić information content (AvgIpc) is 3.05. The second-order valence-electron chi connectivity index (χ2n) is 11.3. The Labute approximate surface area is 181 Å². The summed E-state index contributed by atoms with van der Waals surface area (Å²) < 4.78 is 5.37. The maximum absolute atomic E-state index is 12.3. The van der Waals surface area contributed by atoms with Gasteiger partial charge in [0.1, 0.15) is 0 Å². The number of hydrogen-bond acceptors (Lipinski definition) is 4. The van der Waals surface area contributed by atoms with E-state index in [2.05, 4.69) is 27.7 Å². The summed E-state index contributed by atoms with van der Waals surface area (Å²) in [4.78, 5) is 23.6. The second kappa shape index (κ2) is 7.76. The normalized spacial score (nSPS) is 46.3. The molecule has 4 aliphatic rings. The minimum Gasteiger partial charge on any atom is -0.466 e. The molecule has 168 valence electrons. The molecule has 4 aliphatic carbocycles. The molecular weight excluding hydrogens is 376 g/mol. The lowest BCUT2D eigenvalue weighted by atomic mass is 9.43. The SMILES string of the molecule is CC[C@@H]1C2=CC(=O)CC[C@]2(C)C2CC[C@@]3(C)C(CC[C@@H]3[C@H](C)COC(C)=O)C2[C@H]1O. The van der Waals surface area contributed by atoms with Crippen molar-refractivity contribution in [2.24, 2.45) is 46.3 Å². The molecule has 30 heavy (non-hydrogen) atoms. The van der Waals surface area contributed by atoms with Gasteiger partial charge in [0.05, 0.1) is 12.7 Å². The number of fused-ring (bicyclic) bond motifs is 5. The fourth-order valence-electron chi connectivity index (χ4n) is 8.54. The predicted octanol–water partition coefficient (Wildman–Crippen LogP) is 4.94. The van der Waals surface area contributed by atoms with Crippen molar-refractivity contribution in [1.82, 2.24) is 0 Å². The largest absolute Gasteiger partial charge is 0.466 e. The second-order valence-corrected chi connectivity index (χ2v) is 11.3. The van der Waals surface area contributed by atoms with Crippen molar-refractivity contribution in [2.75, 3.05) is 6.61 Å². The molecule has 4 rings (SSSR count). The van der Waals surface area contributed by atoms with E-state index in [1.165, 1.54) is 18.9 Å². The first-order valence-electron chi connectivity index (χ1n) is 12.2. The molecule has 0 aromatic rings. The van der Waals surface area contributed by atoms with E-state index in [9.17, 15) is 14.7 Å². The summed E-state index contributed by atoms with van der Waals surface area (Å²) in [5.41, 5.74) is 1.50. The van der Waals surface area contributed by atoms with Crippen LogP contribution >= 0.6 is 0 Å². The van der Waals surface area contributed by atoms with Gasteiger partial charge in [-0.3, -0.25) is 9.59 Å². The zero-order valence-electron chi connectivity index (χ0n) is 19.4. The number of carbonyl (C=O) groups is 2. The molecule has 0 aromatic carbocycles. The summed E-state index contributed by atoms with van der Waals surface area (Å²) in [5, 5.41) is 11.6. The minimum atomic E-state index is -0.350. The standard InChI is InChI=1S/C26H40O4/c1-6-18-22-13-17(28)9-11-26(22,5)21-10-12-25(4)19(15(2)14-30-16(3)27)7-8-20(25)23(21)24(18)29/h13,15,18-21,23-24,29H,6-12,14H2,1-5H3/t15-,18-,19-,20?,21?,23?,24+,25-,26-/m1/s1. The van der Waals surface area contributed by atoms with Crippen LogP contribution in [0.25, 0.3) is 0 Å². The van der Waals surface area contributed by atoms with Gasteiger partial charge in [-0.25, -0.2) is 0 Å². The van der Waals surface area contributed by atoms with E-state index in [4.69, 9.17) is 4.74 Å². The smallest absolute Gasteiger partial charge is 0.302 e. The topological polar surface area (TPSA) is 63.6 Å². The molecule has 0 radical (unpaired) electrons. The van der Waals surface area contributed by atoms with Crippen molar-refractivity contribution < 1.29 is 19.4 Å².